The summed E-state index contributed by atoms with van der Waals surface area (Å²) in [5.74, 6) is 5.71. The van der Waals surface area contributed by atoms with Crippen molar-refractivity contribution in [3.63, 3.8) is 0 Å². The molecular formula is C15H26O2. The van der Waals surface area contributed by atoms with Crippen molar-refractivity contribution in [2.45, 2.75) is 71.0 Å². The van der Waals surface area contributed by atoms with E-state index in [1.54, 1.807) is 13.0 Å². The minimum atomic E-state index is -1.39. The molecule has 0 aromatic carbocycles. The fourth-order valence-corrected chi connectivity index (χ4v) is 1.34. The molecule has 17 heavy (non-hydrogen) atoms. The van der Waals surface area contributed by atoms with Gasteiger partial charge in [0.2, 0.25) is 0 Å². The van der Waals surface area contributed by atoms with Crippen molar-refractivity contribution in [1.82, 2.24) is 0 Å². The van der Waals surface area contributed by atoms with Crippen LogP contribution < -0.4 is 0 Å². The highest BCUT2D eigenvalue weighted by Crippen LogP contribution is 2.13. The fraction of sp³-hybridized carbons (Fsp3) is 0.733. The van der Waals surface area contributed by atoms with Gasteiger partial charge in [-0.05, 0) is 25.8 Å². The van der Waals surface area contributed by atoms with Crippen LogP contribution in [0.2, 0.25) is 0 Å². The molecule has 0 radical (unpaired) electrons. The first-order chi connectivity index (χ1) is 8.06. The number of aliphatic hydroxyl groups is 2. The Balaban J connectivity index is 4.43. The van der Waals surface area contributed by atoms with Gasteiger partial charge in [-0.1, -0.05) is 51.0 Å². The van der Waals surface area contributed by atoms with Crippen molar-refractivity contribution in [2.75, 3.05) is 0 Å². The van der Waals surface area contributed by atoms with Crippen molar-refractivity contribution in [3.05, 3.63) is 12.2 Å². The van der Waals surface area contributed by atoms with E-state index in [0.29, 0.717) is 0 Å². The van der Waals surface area contributed by atoms with Crippen molar-refractivity contribution in [3.8, 4) is 11.8 Å². The monoisotopic (exact) mass is 238 g/mol. The van der Waals surface area contributed by atoms with Crippen LogP contribution in [0.3, 0.4) is 0 Å². The number of aliphatic hydroxyl groups excluding tert-OH is 1. The summed E-state index contributed by atoms with van der Waals surface area (Å²) in [7, 11) is 0. The quantitative estimate of drug-likeness (QED) is 0.406. The summed E-state index contributed by atoms with van der Waals surface area (Å²) < 4.78 is 0. The number of hydrogen-bond donors (Lipinski definition) is 2. The van der Waals surface area contributed by atoms with Crippen LogP contribution in [-0.4, -0.2) is 21.9 Å². The lowest BCUT2D eigenvalue weighted by Crippen LogP contribution is -2.36. The molecule has 0 aromatic heterocycles. The molecule has 0 aliphatic carbocycles. The average molecular weight is 238 g/mol. The van der Waals surface area contributed by atoms with Crippen LogP contribution in [0.1, 0.15) is 59.3 Å². The van der Waals surface area contributed by atoms with E-state index in [0.717, 1.165) is 38.5 Å². The molecule has 2 N–H and O–H groups in total. The molecule has 0 rings (SSSR count). The molecule has 0 saturated heterocycles. The molecule has 0 fully saturated rings. The predicted molar refractivity (Wildman–Crippen MR) is 72.6 cm³/mol. The Labute approximate surface area is 106 Å². The molecule has 98 valence electrons. The van der Waals surface area contributed by atoms with Crippen LogP contribution in [0.15, 0.2) is 12.2 Å². The maximum absolute atomic E-state index is 10.2. The van der Waals surface area contributed by atoms with Crippen LogP contribution in [0, 0.1) is 11.8 Å². The molecule has 0 amide bonds. The van der Waals surface area contributed by atoms with Crippen molar-refractivity contribution >= 4 is 0 Å². The van der Waals surface area contributed by atoms with Gasteiger partial charge < -0.3 is 10.2 Å². The van der Waals surface area contributed by atoms with Gasteiger partial charge in [-0.25, -0.2) is 0 Å². The highest BCUT2D eigenvalue weighted by molar-refractivity contribution is 5.24. The highest BCUT2D eigenvalue weighted by atomic mass is 16.3. The maximum atomic E-state index is 10.2. The molecule has 0 aliphatic rings. The second-order valence-electron chi connectivity index (χ2n) is 4.45. The molecule has 2 nitrogen and oxygen atoms in total. The van der Waals surface area contributed by atoms with Crippen LogP contribution in [-0.2, 0) is 0 Å². The first-order valence-electron chi connectivity index (χ1n) is 6.65. The first-order valence-corrected chi connectivity index (χ1v) is 6.65. The van der Waals surface area contributed by atoms with Gasteiger partial charge in [-0.3, -0.25) is 0 Å². The standard InChI is InChI=1S/C15H26O2/c1-4-6-8-10-12-15(17,14(3)16)13-11-9-7-5-2/h10,12,14,16-17H,4-9H2,1-3H3/b12-10+/t14-,15+/m0/s1. The Kier molecular flexibility index (Phi) is 8.85. The molecule has 0 heterocycles. The zero-order valence-corrected chi connectivity index (χ0v) is 11.4. The molecule has 2 heteroatoms. The third kappa shape index (κ3) is 7.20. The Hall–Kier alpha value is -0.780. The summed E-state index contributed by atoms with van der Waals surface area (Å²) in [6.07, 6.45) is 8.70. The van der Waals surface area contributed by atoms with Gasteiger partial charge in [0.15, 0.2) is 5.60 Å². The molecule has 0 aromatic rings. The van der Waals surface area contributed by atoms with Gasteiger partial charge in [0.1, 0.15) is 0 Å². The number of allylic oxidation sites excluding steroid dienone is 1. The second kappa shape index (κ2) is 9.27. The lowest BCUT2D eigenvalue weighted by atomic mass is 9.97. The summed E-state index contributed by atoms with van der Waals surface area (Å²) in [6.45, 7) is 5.80. The maximum Gasteiger partial charge on any atom is 0.169 e. The van der Waals surface area contributed by atoms with Gasteiger partial charge in [0.05, 0.1) is 6.10 Å². The highest BCUT2D eigenvalue weighted by Gasteiger charge is 2.26. The molecule has 0 saturated carbocycles. The minimum absolute atomic E-state index is 0.772. The second-order valence-corrected chi connectivity index (χ2v) is 4.45. The van der Waals surface area contributed by atoms with Gasteiger partial charge in [-0.2, -0.15) is 0 Å². The van der Waals surface area contributed by atoms with E-state index in [2.05, 4.69) is 25.7 Å². The van der Waals surface area contributed by atoms with Crippen LogP contribution in [0.5, 0.6) is 0 Å². The molecular weight excluding hydrogens is 212 g/mol. The Bertz CT molecular complexity index is 270. The summed E-state index contributed by atoms with van der Waals surface area (Å²) in [5.41, 5.74) is -1.39. The van der Waals surface area contributed by atoms with E-state index >= 15 is 0 Å². The average Bonchev–Trinajstić information content (AvgIpc) is 2.30. The van der Waals surface area contributed by atoms with E-state index in [-0.39, 0.29) is 0 Å². The third-order valence-corrected chi connectivity index (χ3v) is 2.68. The van der Waals surface area contributed by atoms with Crippen molar-refractivity contribution in [2.24, 2.45) is 0 Å². The zero-order chi connectivity index (χ0) is 13.1. The van der Waals surface area contributed by atoms with Crippen molar-refractivity contribution in [1.29, 1.82) is 0 Å². The van der Waals surface area contributed by atoms with Crippen LogP contribution in [0.4, 0.5) is 0 Å². The summed E-state index contributed by atoms with van der Waals surface area (Å²) in [4.78, 5) is 0. The summed E-state index contributed by atoms with van der Waals surface area (Å²) in [5, 5.41) is 19.8. The fourth-order valence-electron chi connectivity index (χ4n) is 1.34. The third-order valence-electron chi connectivity index (χ3n) is 2.68. The summed E-state index contributed by atoms with van der Waals surface area (Å²) in [6, 6.07) is 0. The van der Waals surface area contributed by atoms with E-state index in [1.807, 2.05) is 6.08 Å². The van der Waals surface area contributed by atoms with E-state index in [9.17, 15) is 10.2 Å². The molecule has 2 atom stereocenters. The van der Waals surface area contributed by atoms with Gasteiger partial charge in [0.25, 0.3) is 0 Å². The van der Waals surface area contributed by atoms with Crippen LogP contribution >= 0.6 is 0 Å². The smallest absolute Gasteiger partial charge is 0.169 e. The van der Waals surface area contributed by atoms with E-state index in [1.165, 1.54) is 0 Å². The largest absolute Gasteiger partial charge is 0.389 e. The minimum Gasteiger partial charge on any atom is -0.389 e. The lowest BCUT2D eigenvalue weighted by molar-refractivity contribution is 0.0130. The van der Waals surface area contributed by atoms with Gasteiger partial charge >= 0.3 is 0 Å². The molecule has 0 aliphatic heterocycles. The molecule has 0 bridgehead atoms. The molecule has 0 spiro atoms. The SMILES string of the molecule is CCCCC#C[C@](O)(/C=C/CCCC)[C@H](C)O. The first kappa shape index (κ1) is 16.2. The lowest BCUT2D eigenvalue weighted by Gasteiger charge is -2.21. The zero-order valence-electron chi connectivity index (χ0n) is 11.4. The Morgan fingerprint density at radius 1 is 1.24 bits per heavy atom. The number of hydrogen-bond acceptors (Lipinski definition) is 2. The molecule has 0 unspecified atom stereocenters. The summed E-state index contributed by atoms with van der Waals surface area (Å²) >= 11 is 0. The Morgan fingerprint density at radius 2 is 1.88 bits per heavy atom. The van der Waals surface area contributed by atoms with Crippen molar-refractivity contribution < 1.29 is 10.2 Å². The predicted octanol–water partition coefficient (Wildman–Crippen LogP) is 3.04. The number of rotatable bonds is 7. The number of unbranched alkanes of at least 4 members (excludes halogenated alkanes) is 4. The van der Waals surface area contributed by atoms with Gasteiger partial charge in [0, 0.05) is 6.42 Å². The van der Waals surface area contributed by atoms with E-state index in [4.69, 9.17) is 0 Å². The van der Waals surface area contributed by atoms with Crippen LogP contribution in [0.25, 0.3) is 0 Å². The normalized spacial score (nSPS) is 16.3. The van der Waals surface area contributed by atoms with Gasteiger partial charge in [-0.15, -0.1) is 0 Å². The topological polar surface area (TPSA) is 40.5 Å². The van der Waals surface area contributed by atoms with E-state index < -0.39 is 11.7 Å². The Morgan fingerprint density at radius 3 is 2.41 bits per heavy atom.